The monoisotopic (exact) mass is 458 g/mol. The minimum atomic E-state index is -2.18. The zero-order valence-corrected chi connectivity index (χ0v) is 21.3. The van der Waals surface area contributed by atoms with Crippen LogP contribution < -0.4 is 15.6 Å². The van der Waals surface area contributed by atoms with Crippen LogP contribution in [0.15, 0.2) is 109 Å². The molecule has 0 atom stereocenters. The van der Waals surface area contributed by atoms with Gasteiger partial charge in [0.15, 0.2) is 0 Å². The van der Waals surface area contributed by atoms with E-state index in [9.17, 15) is 0 Å². The average molecular weight is 459 g/mol. The van der Waals surface area contributed by atoms with Gasteiger partial charge < -0.3 is 0 Å². The zero-order valence-electron chi connectivity index (χ0n) is 20.3. The van der Waals surface area contributed by atoms with Crippen molar-refractivity contribution < 1.29 is 0 Å². The van der Waals surface area contributed by atoms with Gasteiger partial charge in [0.05, 0.1) is 5.69 Å². The van der Waals surface area contributed by atoms with Gasteiger partial charge in [0, 0.05) is 18.0 Å². The second-order valence-electron chi connectivity index (χ2n) is 9.31. The lowest BCUT2D eigenvalue weighted by atomic mass is 10.0. The van der Waals surface area contributed by atoms with Gasteiger partial charge in [-0.15, -0.1) is 0 Å². The van der Waals surface area contributed by atoms with E-state index in [1.807, 2.05) is 6.20 Å². The van der Waals surface area contributed by atoms with Crippen LogP contribution in [0.3, 0.4) is 0 Å². The summed E-state index contributed by atoms with van der Waals surface area (Å²) in [6.07, 6.45) is 3.99. The van der Waals surface area contributed by atoms with E-state index in [4.69, 9.17) is 4.98 Å². The number of hydrogen-bond acceptors (Lipinski definition) is 1. The Morgan fingerprint density at radius 3 is 1.79 bits per heavy atom. The van der Waals surface area contributed by atoms with Crippen LogP contribution in [0.25, 0.3) is 17.1 Å². The third-order valence-corrected chi connectivity index (χ3v) is 11.4. The number of hydrogen-bond donors (Lipinski definition) is 0. The minimum absolute atomic E-state index is 0.981. The van der Waals surface area contributed by atoms with E-state index in [1.54, 1.807) is 0 Å². The van der Waals surface area contributed by atoms with Gasteiger partial charge in [-0.1, -0.05) is 109 Å². The Hall–Kier alpha value is -3.69. The fourth-order valence-electron chi connectivity index (χ4n) is 5.26. The molecule has 1 aromatic heterocycles. The summed E-state index contributed by atoms with van der Waals surface area (Å²) in [6.45, 7) is 8.98. The molecule has 5 aromatic rings. The predicted molar refractivity (Wildman–Crippen MR) is 147 cm³/mol. The first-order chi connectivity index (χ1) is 16.5. The Labute approximate surface area is 203 Å². The SMILES string of the molecule is Cc1cc(C)c(-n2ccnc2-c2cccc([Si](C)(c3ccccc3)c3ccccc3)c2)c(C)c1. The number of benzene rings is 4. The molecule has 3 heteroatoms. The highest BCUT2D eigenvalue weighted by molar-refractivity contribution is 7.10. The molecule has 168 valence electrons. The zero-order chi connectivity index (χ0) is 23.7. The van der Waals surface area contributed by atoms with Crippen molar-refractivity contribution in [1.82, 2.24) is 9.55 Å². The van der Waals surface area contributed by atoms with Crippen LogP contribution in [0.4, 0.5) is 0 Å². The summed E-state index contributed by atoms with van der Waals surface area (Å²) in [6, 6.07) is 35.5. The fraction of sp³-hybridized carbons (Fsp3) is 0.129. The summed E-state index contributed by atoms with van der Waals surface area (Å²) in [7, 11) is -2.18. The van der Waals surface area contributed by atoms with Crippen molar-refractivity contribution in [3.8, 4) is 17.1 Å². The molecule has 2 nitrogen and oxygen atoms in total. The number of nitrogens with zero attached hydrogens (tertiary/aromatic N) is 2. The van der Waals surface area contributed by atoms with E-state index in [1.165, 1.54) is 37.9 Å². The fourth-order valence-corrected chi connectivity index (χ4v) is 8.85. The maximum absolute atomic E-state index is 4.81. The second-order valence-corrected chi connectivity index (χ2v) is 13.3. The summed E-state index contributed by atoms with van der Waals surface area (Å²) >= 11 is 0. The Balaban J connectivity index is 1.68. The molecule has 0 radical (unpaired) electrons. The second kappa shape index (κ2) is 8.92. The van der Waals surface area contributed by atoms with Crippen LogP contribution in [0.5, 0.6) is 0 Å². The van der Waals surface area contributed by atoms with Crippen LogP contribution >= 0.6 is 0 Å². The van der Waals surface area contributed by atoms with Gasteiger partial charge in [-0.2, -0.15) is 0 Å². The van der Waals surface area contributed by atoms with Gasteiger partial charge >= 0.3 is 0 Å². The molecular formula is C31H30N2Si. The normalized spacial score (nSPS) is 11.5. The Morgan fingerprint density at radius 1 is 0.647 bits per heavy atom. The molecular weight excluding hydrogens is 428 g/mol. The Bertz CT molecular complexity index is 1370. The van der Waals surface area contributed by atoms with Crippen molar-refractivity contribution in [3.05, 3.63) is 126 Å². The molecule has 0 spiro atoms. The van der Waals surface area contributed by atoms with Gasteiger partial charge in [0.25, 0.3) is 0 Å². The molecule has 34 heavy (non-hydrogen) atoms. The quantitative estimate of drug-likeness (QED) is 0.249. The lowest BCUT2D eigenvalue weighted by Crippen LogP contribution is -2.64. The van der Waals surface area contributed by atoms with Crippen molar-refractivity contribution in [3.63, 3.8) is 0 Å². The highest BCUT2D eigenvalue weighted by atomic mass is 28.3. The summed E-state index contributed by atoms with van der Waals surface area (Å²) in [5, 5.41) is 4.20. The lowest BCUT2D eigenvalue weighted by Gasteiger charge is -2.30. The molecule has 5 rings (SSSR count). The van der Waals surface area contributed by atoms with Gasteiger partial charge in [-0.05, 0) is 47.5 Å². The minimum Gasteiger partial charge on any atom is -0.299 e. The highest BCUT2D eigenvalue weighted by Gasteiger charge is 2.34. The Morgan fingerprint density at radius 2 is 1.21 bits per heavy atom. The summed E-state index contributed by atoms with van der Waals surface area (Å²) in [5.41, 5.74) is 6.18. The third kappa shape index (κ3) is 3.82. The molecule has 0 N–H and O–H groups in total. The summed E-state index contributed by atoms with van der Waals surface area (Å²) in [4.78, 5) is 4.81. The molecule has 0 aliphatic carbocycles. The van der Waals surface area contributed by atoms with Crippen LogP contribution in [0, 0.1) is 20.8 Å². The molecule has 0 unspecified atom stereocenters. The topological polar surface area (TPSA) is 17.8 Å². The molecule has 0 fully saturated rings. The smallest absolute Gasteiger partial charge is 0.145 e. The van der Waals surface area contributed by atoms with E-state index >= 15 is 0 Å². The largest absolute Gasteiger partial charge is 0.299 e. The van der Waals surface area contributed by atoms with Gasteiger partial charge in [-0.3, -0.25) is 4.57 Å². The van der Waals surface area contributed by atoms with Crippen molar-refractivity contribution >= 4 is 23.6 Å². The summed E-state index contributed by atoms with van der Waals surface area (Å²) < 4.78 is 2.24. The van der Waals surface area contributed by atoms with Gasteiger partial charge in [-0.25, -0.2) is 4.98 Å². The number of aromatic nitrogens is 2. The number of rotatable bonds is 5. The molecule has 0 amide bonds. The van der Waals surface area contributed by atoms with Crippen LogP contribution in [0.2, 0.25) is 6.55 Å². The molecule has 1 heterocycles. The first-order valence-electron chi connectivity index (χ1n) is 11.8. The van der Waals surface area contributed by atoms with Gasteiger partial charge in [0.2, 0.25) is 0 Å². The third-order valence-electron chi connectivity index (χ3n) is 6.92. The summed E-state index contributed by atoms with van der Waals surface area (Å²) in [5.74, 6) is 0.981. The maximum Gasteiger partial charge on any atom is 0.145 e. The molecule has 0 bridgehead atoms. The number of imidazole rings is 1. The number of aryl methyl sites for hydroxylation is 3. The van der Waals surface area contributed by atoms with E-state index in [0.717, 1.165) is 11.4 Å². The van der Waals surface area contributed by atoms with Crippen molar-refractivity contribution in [2.75, 3.05) is 0 Å². The van der Waals surface area contributed by atoms with Crippen LogP contribution in [-0.4, -0.2) is 17.6 Å². The lowest BCUT2D eigenvalue weighted by molar-refractivity contribution is 1.03. The van der Waals surface area contributed by atoms with Crippen molar-refractivity contribution in [2.24, 2.45) is 0 Å². The van der Waals surface area contributed by atoms with Gasteiger partial charge in [0.1, 0.15) is 13.9 Å². The van der Waals surface area contributed by atoms with E-state index in [-0.39, 0.29) is 0 Å². The molecule has 0 aliphatic heterocycles. The molecule has 0 aliphatic rings. The molecule has 0 saturated heterocycles. The van der Waals surface area contributed by atoms with Crippen LogP contribution in [0.1, 0.15) is 16.7 Å². The van der Waals surface area contributed by atoms with Crippen molar-refractivity contribution in [2.45, 2.75) is 27.3 Å². The maximum atomic E-state index is 4.81. The van der Waals surface area contributed by atoms with Crippen molar-refractivity contribution in [1.29, 1.82) is 0 Å². The Kier molecular flexibility index (Phi) is 5.80. The molecule has 4 aromatic carbocycles. The van der Waals surface area contributed by atoms with Crippen LogP contribution in [-0.2, 0) is 0 Å². The first-order valence-corrected chi connectivity index (χ1v) is 14.3. The first kappa shape index (κ1) is 22.1. The van der Waals surface area contributed by atoms with E-state index in [0.29, 0.717) is 0 Å². The standard InChI is InChI=1S/C31H30N2Si/c1-23-20-24(2)30(25(3)21-23)33-19-18-32-31(33)26-12-11-17-29(22-26)34(4,27-13-7-5-8-14-27)28-15-9-6-10-16-28/h5-22H,1-4H3. The average Bonchev–Trinajstić information content (AvgIpc) is 3.33. The highest BCUT2D eigenvalue weighted by Crippen LogP contribution is 2.27. The predicted octanol–water partition coefficient (Wildman–Crippen LogP) is 5.56. The van der Waals surface area contributed by atoms with E-state index < -0.39 is 8.07 Å². The van der Waals surface area contributed by atoms with E-state index in [2.05, 4.69) is 135 Å². The molecule has 0 saturated carbocycles.